The van der Waals surface area contributed by atoms with E-state index in [1.54, 1.807) is 18.2 Å². The van der Waals surface area contributed by atoms with Crippen LogP contribution in [0.2, 0.25) is 0 Å². The standard InChI is InChI=1S/C13H17NO4S/c1-17-6-3-7-19(15,16)10-12-8-11(9-14)4-5-13(12)18-2/h4-5,8H,3,6-7,10H2,1-2H3. The molecule has 0 spiro atoms. The van der Waals surface area contributed by atoms with Crippen molar-refractivity contribution in [3.05, 3.63) is 29.3 Å². The summed E-state index contributed by atoms with van der Waals surface area (Å²) in [5, 5.41) is 8.84. The molecule has 0 unspecified atom stereocenters. The van der Waals surface area contributed by atoms with Gasteiger partial charge in [0.05, 0.1) is 30.2 Å². The van der Waals surface area contributed by atoms with Crippen molar-refractivity contribution in [3.8, 4) is 11.8 Å². The molecule has 0 saturated carbocycles. The zero-order chi connectivity index (χ0) is 14.3. The molecule has 0 aliphatic carbocycles. The van der Waals surface area contributed by atoms with E-state index in [1.807, 2.05) is 6.07 Å². The van der Waals surface area contributed by atoms with Crippen LogP contribution in [-0.2, 0) is 20.3 Å². The summed E-state index contributed by atoms with van der Waals surface area (Å²) in [4.78, 5) is 0. The highest BCUT2D eigenvalue weighted by atomic mass is 32.2. The van der Waals surface area contributed by atoms with Gasteiger partial charge in [-0.3, -0.25) is 0 Å². The molecule has 1 aromatic rings. The molecule has 0 radical (unpaired) electrons. The molecule has 0 saturated heterocycles. The summed E-state index contributed by atoms with van der Waals surface area (Å²) in [5.74, 6) is 0.408. The van der Waals surface area contributed by atoms with Crippen molar-refractivity contribution in [1.82, 2.24) is 0 Å². The molecule has 1 aromatic carbocycles. The molecule has 0 atom stereocenters. The van der Waals surface area contributed by atoms with E-state index in [0.717, 1.165) is 0 Å². The number of nitrogens with zero attached hydrogens (tertiary/aromatic N) is 1. The van der Waals surface area contributed by atoms with Crippen LogP contribution in [0.4, 0.5) is 0 Å². The Hall–Kier alpha value is -1.58. The molecule has 0 heterocycles. The molecule has 0 bridgehead atoms. The maximum Gasteiger partial charge on any atom is 0.154 e. The largest absolute Gasteiger partial charge is 0.496 e. The first-order valence-electron chi connectivity index (χ1n) is 5.79. The SMILES string of the molecule is COCCCS(=O)(=O)Cc1cc(C#N)ccc1OC. The molecule has 0 aliphatic heterocycles. The normalized spacial score (nSPS) is 11.0. The van der Waals surface area contributed by atoms with E-state index >= 15 is 0 Å². The van der Waals surface area contributed by atoms with Gasteiger partial charge < -0.3 is 9.47 Å². The van der Waals surface area contributed by atoms with Crippen molar-refractivity contribution in [2.75, 3.05) is 26.6 Å². The van der Waals surface area contributed by atoms with Gasteiger partial charge in [-0.2, -0.15) is 5.26 Å². The van der Waals surface area contributed by atoms with Gasteiger partial charge in [0.2, 0.25) is 0 Å². The number of sulfone groups is 1. The van der Waals surface area contributed by atoms with E-state index < -0.39 is 9.84 Å². The van der Waals surface area contributed by atoms with Crippen molar-refractivity contribution in [1.29, 1.82) is 5.26 Å². The second-order valence-electron chi connectivity index (χ2n) is 4.08. The van der Waals surface area contributed by atoms with E-state index in [9.17, 15) is 8.42 Å². The van der Waals surface area contributed by atoms with Crippen LogP contribution in [0.3, 0.4) is 0 Å². The Bertz CT molecular complexity index is 560. The lowest BCUT2D eigenvalue weighted by Gasteiger charge is -2.09. The predicted molar refractivity (Wildman–Crippen MR) is 71.7 cm³/mol. The predicted octanol–water partition coefficient (Wildman–Crippen LogP) is 1.52. The second-order valence-corrected chi connectivity index (χ2v) is 6.26. The number of hydrogen-bond acceptors (Lipinski definition) is 5. The molecule has 0 fully saturated rings. The monoisotopic (exact) mass is 283 g/mol. The van der Waals surface area contributed by atoms with Gasteiger partial charge in [-0.25, -0.2) is 8.42 Å². The van der Waals surface area contributed by atoms with Gasteiger partial charge in [-0.05, 0) is 24.6 Å². The molecule has 1 rings (SSSR count). The highest BCUT2D eigenvalue weighted by Gasteiger charge is 2.15. The summed E-state index contributed by atoms with van der Waals surface area (Å²) in [6.45, 7) is 0.411. The number of nitriles is 1. The van der Waals surface area contributed by atoms with E-state index in [4.69, 9.17) is 14.7 Å². The third kappa shape index (κ3) is 4.89. The van der Waals surface area contributed by atoms with E-state index in [1.165, 1.54) is 14.2 Å². The van der Waals surface area contributed by atoms with Crippen LogP contribution in [0.15, 0.2) is 18.2 Å². The van der Waals surface area contributed by atoms with Gasteiger partial charge in [-0.15, -0.1) is 0 Å². The summed E-state index contributed by atoms with van der Waals surface area (Å²) in [6, 6.07) is 6.74. The molecule has 104 valence electrons. The number of hydrogen-bond donors (Lipinski definition) is 0. The lowest BCUT2D eigenvalue weighted by molar-refractivity contribution is 0.199. The van der Waals surface area contributed by atoms with Gasteiger partial charge >= 0.3 is 0 Å². The maximum absolute atomic E-state index is 11.9. The van der Waals surface area contributed by atoms with Gasteiger partial charge in [-0.1, -0.05) is 0 Å². The highest BCUT2D eigenvalue weighted by molar-refractivity contribution is 7.90. The van der Waals surface area contributed by atoms with Crippen molar-refractivity contribution in [3.63, 3.8) is 0 Å². The zero-order valence-corrected chi connectivity index (χ0v) is 11.9. The van der Waals surface area contributed by atoms with Crippen molar-refractivity contribution in [2.24, 2.45) is 0 Å². The van der Waals surface area contributed by atoms with Gasteiger partial charge in [0, 0.05) is 19.3 Å². The number of benzene rings is 1. The molecule has 5 nitrogen and oxygen atoms in total. The molecule has 0 aliphatic rings. The van der Waals surface area contributed by atoms with E-state index in [-0.39, 0.29) is 11.5 Å². The zero-order valence-electron chi connectivity index (χ0n) is 11.0. The minimum atomic E-state index is -3.23. The molecule has 6 heteroatoms. The molecule has 0 N–H and O–H groups in total. The molecule has 0 amide bonds. The van der Waals surface area contributed by atoms with Crippen molar-refractivity contribution in [2.45, 2.75) is 12.2 Å². The first-order chi connectivity index (χ1) is 9.02. The molecule has 19 heavy (non-hydrogen) atoms. The fraction of sp³-hybridized carbons (Fsp3) is 0.462. The van der Waals surface area contributed by atoms with Gasteiger partial charge in [0.15, 0.2) is 9.84 Å². The highest BCUT2D eigenvalue weighted by Crippen LogP contribution is 2.22. The number of rotatable bonds is 7. The Balaban J connectivity index is 2.88. The Labute approximate surface area is 113 Å². The quantitative estimate of drug-likeness (QED) is 0.709. The lowest BCUT2D eigenvalue weighted by Crippen LogP contribution is -2.12. The van der Waals surface area contributed by atoms with E-state index in [0.29, 0.717) is 29.9 Å². The number of methoxy groups -OCH3 is 2. The Kier molecular flexibility index (Phi) is 5.80. The second kappa shape index (κ2) is 7.12. The summed E-state index contributed by atoms with van der Waals surface area (Å²) in [6.07, 6.45) is 0.457. The first kappa shape index (κ1) is 15.5. The Morgan fingerprint density at radius 2 is 2.05 bits per heavy atom. The van der Waals surface area contributed by atoms with Crippen LogP contribution in [0.25, 0.3) is 0 Å². The summed E-state index contributed by atoms with van der Waals surface area (Å²) < 4.78 is 33.9. The summed E-state index contributed by atoms with van der Waals surface area (Å²) in [7, 11) is -0.225. The summed E-state index contributed by atoms with van der Waals surface area (Å²) in [5.41, 5.74) is 0.932. The van der Waals surface area contributed by atoms with Crippen LogP contribution >= 0.6 is 0 Å². The van der Waals surface area contributed by atoms with E-state index in [2.05, 4.69) is 0 Å². The third-order valence-electron chi connectivity index (χ3n) is 2.59. The average molecular weight is 283 g/mol. The summed E-state index contributed by atoms with van der Waals surface area (Å²) >= 11 is 0. The Morgan fingerprint density at radius 1 is 1.32 bits per heavy atom. The first-order valence-corrected chi connectivity index (χ1v) is 7.61. The fourth-order valence-corrected chi connectivity index (χ4v) is 3.09. The van der Waals surface area contributed by atoms with Crippen LogP contribution in [-0.4, -0.2) is 35.0 Å². The lowest BCUT2D eigenvalue weighted by atomic mass is 10.1. The smallest absolute Gasteiger partial charge is 0.154 e. The molecule has 0 aromatic heterocycles. The van der Waals surface area contributed by atoms with Crippen molar-refractivity contribution < 1.29 is 17.9 Å². The van der Waals surface area contributed by atoms with Crippen molar-refractivity contribution >= 4 is 9.84 Å². The average Bonchev–Trinajstić information content (AvgIpc) is 2.38. The third-order valence-corrected chi connectivity index (χ3v) is 4.25. The van der Waals surface area contributed by atoms with Crippen LogP contribution < -0.4 is 4.74 Å². The minimum Gasteiger partial charge on any atom is -0.496 e. The van der Waals surface area contributed by atoms with Crippen LogP contribution in [0.5, 0.6) is 5.75 Å². The topological polar surface area (TPSA) is 76.4 Å². The van der Waals surface area contributed by atoms with Gasteiger partial charge in [0.1, 0.15) is 5.75 Å². The van der Waals surface area contributed by atoms with Crippen LogP contribution in [0, 0.1) is 11.3 Å². The molecular weight excluding hydrogens is 266 g/mol. The van der Waals surface area contributed by atoms with Gasteiger partial charge in [0.25, 0.3) is 0 Å². The number of ether oxygens (including phenoxy) is 2. The maximum atomic E-state index is 11.9. The molecular formula is C13H17NO4S. The minimum absolute atomic E-state index is 0.0563. The fourth-order valence-electron chi connectivity index (χ4n) is 1.69. The van der Waals surface area contributed by atoms with Crippen LogP contribution in [0.1, 0.15) is 17.5 Å². The Morgan fingerprint density at radius 3 is 2.63 bits per heavy atom.